The van der Waals surface area contributed by atoms with E-state index in [9.17, 15) is 14.7 Å². The Morgan fingerprint density at radius 3 is 2.67 bits per heavy atom. The van der Waals surface area contributed by atoms with E-state index in [1.807, 2.05) is 0 Å². The van der Waals surface area contributed by atoms with Crippen LogP contribution in [0.2, 0.25) is 0 Å². The summed E-state index contributed by atoms with van der Waals surface area (Å²) >= 11 is 1.33. The zero-order valence-electron chi connectivity index (χ0n) is 11.0. The standard InChI is InChI=1S/C14H12N2O4S/c1-21-13-9(3-2-6-15-13)12(18)16-10-5-4-8(14(19)20)7-11(10)17/h2-7,17H,1H3,(H,16,18)(H,19,20). The second-order valence-corrected chi connectivity index (χ2v) is 4.85. The number of pyridine rings is 1. The highest BCUT2D eigenvalue weighted by atomic mass is 32.2. The number of carboxylic acids is 1. The van der Waals surface area contributed by atoms with Crippen molar-refractivity contribution in [2.45, 2.75) is 5.03 Å². The van der Waals surface area contributed by atoms with Gasteiger partial charge in [0, 0.05) is 6.20 Å². The monoisotopic (exact) mass is 304 g/mol. The first-order valence-electron chi connectivity index (χ1n) is 5.89. The molecule has 7 heteroatoms. The lowest BCUT2D eigenvalue weighted by atomic mass is 10.2. The summed E-state index contributed by atoms with van der Waals surface area (Å²) in [6, 6.07) is 6.98. The number of nitrogens with one attached hydrogen (secondary N) is 1. The molecule has 2 rings (SSSR count). The van der Waals surface area contributed by atoms with Gasteiger partial charge in [-0.25, -0.2) is 9.78 Å². The van der Waals surface area contributed by atoms with Gasteiger partial charge in [0.25, 0.3) is 5.91 Å². The van der Waals surface area contributed by atoms with Crippen LogP contribution in [0.25, 0.3) is 0 Å². The Labute approximate surface area is 124 Å². The molecule has 0 saturated heterocycles. The van der Waals surface area contributed by atoms with Gasteiger partial charge in [-0.1, -0.05) is 0 Å². The SMILES string of the molecule is CSc1ncccc1C(=O)Nc1ccc(C(=O)O)cc1O. The van der Waals surface area contributed by atoms with Gasteiger partial charge >= 0.3 is 5.97 Å². The lowest BCUT2D eigenvalue weighted by molar-refractivity contribution is 0.0696. The Hall–Kier alpha value is -2.54. The van der Waals surface area contributed by atoms with Gasteiger partial charge in [0.1, 0.15) is 10.8 Å². The molecule has 0 aliphatic heterocycles. The fourth-order valence-corrected chi connectivity index (χ4v) is 2.23. The smallest absolute Gasteiger partial charge is 0.335 e. The first-order valence-corrected chi connectivity index (χ1v) is 7.12. The average molecular weight is 304 g/mol. The highest BCUT2D eigenvalue weighted by Gasteiger charge is 2.14. The molecule has 3 N–H and O–H groups in total. The first kappa shape index (κ1) is 14.9. The maximum Gasteiger partial charge on any atom is 0.335 e. The number of benzene rings is 1. The summed E-state index contributed by atoms with van der Waals surface area (Å²) in [5, 5.41) is 21.7. The number of hydrogen-bond acceptors (Lipinski definition) is 5. The first-order chi connectivity index (χ1) is 10.0. The molecule has 0 fully saturated rings. The fourth-order valence-electron chi connectivity index (χ4n) is 1.69. The van der Waals surface area contributed by atoms with Gasteiger partial charge in [-0.3, -0.25) is 4.79 Å². The second kappa shape index (κ2) is 6.27. The largest absolute Gasteiger partial charge is 0.506 e. The van der Waals surface area contributed by atoms with Crippen molar-refractivity contribution in [3.8, 4) is 5.75 Å². The Kier molecular flexibility index (Phi) is 4.44. The van der Waals surface area contributed by atoms with Crippen molar-refractivity contribution in [1.29, 1.82) is 0 Å². The molecular weight excluding hydrogens is 292 g/mol. The fraction of sp³-hybridized carbons (Fsp3) is 0.0714. The lowest BCUT2D eigenvalue weighted by Crippen LogP contribution is -2.13. The van der Waals surface area contributed by atoms with Crippen LogP contribution >= 0.6 is 11.8 Å². The Balaban J connectivity index is 2.26. The average Bonchev–Trinajstić information content (AvgIpc) is 2.48. The number of rotatable bonds is 4. The van der Waals surface area contributed by atoms with Crippen molar-refractivity contribution >= 4 is 29.3 Å². The van der Waals surface area contributed by atoms with E-state index in [1.54, 1.807) is 24.6 Å². The van der Waals surface area contributed by atoms with E-state index in [0.29, 0.717) is 10.6 Å². The molecule has 1 heterocycles. The van der Waals surface area contributed by atoms with Crippen molar-refractivity contribution in [1.82, 2.24) is 4.98 Å². The number of thioether (sulfide) groups is 1. The second-order valence-electron chi connectivity index (χ2n) is 4.05. The summed E-state index contributed by atoms with van der Waals surface area (Å²) in [6.07, 6.45) is 3.39. The molecule has 0 saturated carbocycles. The summed E-state index contributed by atoms with van der Waals surface area (Å²) in [6.45, 7) is 0. The molecule has 1 aromatic carbocycles. The van der Waals surface area contributed by atoms with Crippen LogP contribution in [0.1, 0.15) is 20.7 Å². The number of aromatic hydroxyl groups is 1. The van der Waals surface area contributed by atoms with Crippen LogP contribution in [-0.4, -0.2) is 33.3 Å². The van der Waals surface area contributed by atoms with Gasteiger partial charge in [-0.05, 0) is 36.6 Å². The Morgan fingerprint density at radius 2 is 2.05 bits per heavy atom. The molecule has 2 aromatic rings. The van der Waals surface area contributed by atoms with Crippen molar-refractivity contribution in [3.05, 3.63) is 47.7 Å². The molecule has 1 aromatic heterocycles. The van der Waals surface area contributed by atoms with Crippen LogP contribution in [0.4, 0.5) is 5.69 Å². The predicted octanol–water partition coefficient (Wildman–Crippen LogP) is 2.46. The van der Waals surface area contributed by atoms with Crippen LogP contribution in [0.5, 0.6) is 5.75 Å². The van der Waals surface area contributed by atoms with Crippen molar-refractivity contribution in [2.24, 2.45) is 0 Å². The van der Waals surface area contributed by atoms with Gasteiger partial charge < -0.3 is 15.5 Å². The van der Waals surface area contributed by atoms with E-state index in [4.69, 9.17) is 5.11 Å². The third-order valence-corrected chi connectivity index (χ3v) is 3.41. The minimum Gasteiger partial charge on any atom is -0.506 e. The summed E-state index contributed by atoms with van der Waals surface area (Å²) < 4.78 is 0. The van der Waals surface area contributed by atoms with E-state index in [1.165, 1.54) is 23.9 Å². The quantitative estimate of drug-likeness (QED) is 0.592. The van der Waals surface area contributed by atoms with Crippen molar-refractivity contribution in [3.63, 3.8) is 0 Å². The third kappa shape index (κ3) is 3.32. The van der Waals surface area contributed by atoms with Crippen LogP contribution in [0.3, 0.4) is 0 Å². The van der Waals surface area contributed by atoms with Crippen molar-refractivity contribution < 1.29 is 19.8 Å². The van der Waals surface area contributed by atoms with E-state index in [0.717, 1.165) is 6.07 Å². The number of carbonyl (C=O) groups excluding carboxylic acids is 1. The molecule has 6 nitrogen and oxygen atoms in total. The minimum atomic E-state index is -1.15. The normalized spacial score (nSPS) is 10.1. The summed E-state index contributed by atoms with van der Waals surface area (Å²) in [5.41, 5.74) is 0.462. The molecule has 0 aliphatic carbocycles. The topological polar surface area (TPSA) is 99.5 Å². The summed E-state index contributed by atoms with van der Waals surface area (Å²) in [7, 11) is 0. The molecule has 0 unspecified atom stereocenters. The number of phenols is 1. The number of nitrogens with zero attached hydrogens (tertiary/aromatic N) is 1. The van der Waals surface area contributed by atoms with Gasteiger partial charge in [-0.15, -0.1) is 11.8 Å². The van der Waals surface area contributed by atoms with Gasteiger partial charge in [0.2, 0.25) is 0 Å². The molecular formula is C14H12N2O4S. The minimum absolute atomic E-state index is 0.0586. The van der Waals surface area contributed by atoms with Crippen LogP contribution in [0, 0.1) is 0 Å². The third-order valence-electron chi connectivity index (χ3n) is 2.70. The maximum atomic E-state index is 12.2. The van der Waals surface area contributed by atoms with Crippen molar-refractivity contribution in [2.75, 3.05) is 11.6 Å². The molecule has 0 radical (unpaired) electrons. The molecule has 21 heavy (non-hydrogen) atoms. The van der Waals surface area contributed by atoms with Crippen LogP contribution in [0.15, 0.2) is 41.6 Å². The van der Waals surface area contributed by atoms with E-state index in [-0.39, 0.29) is 17.0 Å². The zero-order valence-corrected chi connectivity index (χ0v) is 11.8. The molecule has 108 valence electrons. The van der Waals surface area contributed by atoms with Gasteiger partial charge in [0.15, 0.2) is 0 Å². The van der Waals surface area contributed by atoms with Gasteiger partial charge in [-0.2, -0.15) is 0 Å². The number of carboxylic acid groups (broad SMARTS) is 1. The number of hydrogen-bond donors (Lipinski definition) is 3. The number of phenolic OH excluding ortho intramolecular Hbond substituents is 1. The van der Waals surface area contributed by atoms with Gasteiger partial charge in [0.05, 0.1) is 16.8 Å². The molecule has 0 aliphatic rings. The Morgan fingerprint density at radius 1 is 1.29 bits per heavy atom. The predicted molar refractivity (Wildman–Crippen MR) is 79.0 cm³/mol. The van der Waals surface area contributed by atoms with E-state index in [2.05, 4.69) is 10.3 Å². The molecule has 1 amide bonds. The number of carbonyl (C=O) groups is 2. The summed E-state index contributed by atoms with van der Waals surface area (Å²) in [5.74, 6) is -1.89. The van der Waals surface area contributed by atoms with E-state index >= 15 is 0 Å². The summed E-state index contributed by atoms with van der Waals surface area (Å²) in [4.78, 5) is 27.0. The van der Waals surface area contributed by atoms with E-state index < -0.39 is 11.9 Å². The lowest BCUT2D eigenvalue weighted by Gasteiger charge is -2.09. The molecule has 0 bridgehead atoms. The van der Waals surface area contributed by atoms with Crippen LogP contribution in [-0.2, 0) is 0 Å². The highest BCUT2D eigenvalue weighted by Crippen LogP contribution is 2.26. The maximum absolute atomic E-state index is 12.2. The number of aromatic nitrogens is 1. The van der Waals surface area contributed by atoms with Crippen LogP contribution < -0.4 is 5.32 Å². The highest BCUT2D eigenvalue weighted by molar-refractivity contribution is 7.98. The molecule has 0 spiro atoms. The molecule has 0 atom stereocenters. The number of amides is 1. The number of anilines is 1. The zero-order chi connectivity index (χ0) is 15.4. The number of aromatic carboxylic acids is 1. The Bertz CT molecular complexity index is 703.